The van der Waals surface area contributed by atoms with E-state index in [0.717, 1.165) is 44.8 Å². The topological polar surface area (TPSA) is 24.5 Å². The first kappa shape index (κ1) is 23.0. The van der Waals surface area contributed by atoms with Crippen molar-refractivity contribution in [2.45, 2.75) is 44.7 Å². The van der Waals surface area contributed by atoms with E-state index in [2.05, 4.69) is 53.7 Å². The Morgan fingerprint density at radius 3 is 2.75 bits per heavy atom. The molecule has 4 rings (SSSR count). The Labute approximate surface area is 181 Å². The van der Waals surface area contributed by atoms with Crippen LogP contribution < -0.4 is 10.1 Å². The summed E-state index contributed by atoms with van der Waals surface area (Å²) >= 11 is 0. The van der Waals surface area contributed by atoms with E-state index in [-0.39, 0.29) is 24.8 Å². The van der Waals surface area contributed by atoms with Gasteiger partial charge in [0.05, 0.1) is 7.11 Å². The van der Waals surface area contributed by atoms with E-state index >= 15 is 0 Å². The van der Waals surface area contributed by atoms with E-state index in [9.17, 15) is 0 Å². The molecule has 1 aliphatic heterocycles. The molecule has 0 saturated carbocycles. The monoisotopic (exact) mass is 422 g/mol. The highest BCUT2D eigenvalue weighted by Crippen LogP contribution is 2.36. The molecule has 2 aliphatic rings. The predicted octanol–water partition coefficient (Wildman–Crippen LogP) is 4.74. The second-order valence-electron chi connectivity index (χ2n) is 7.84. The zero-order valence-electron chi connectivity index (χ0n) is 16.9. The molecule has 0 amide bonds. The van der Waals surface area contributed by atoms with Crippen molar-refractivity contribution in [3.8, 4) is 5.75 Å². The maximum Gasteiger partial charge on any atom is 0.122 e. The lowest BCUT2D eigenvalue weighted by molar-refractivity contribution is 0.299. The van der Waals surface area contributed by atoms with E-state index in [1.54, 1.807) is 7.11 Å². The van der Waals surface area contributed by atoms with Gasteiger partial charge in [-0.1, -0.05) is 30.3 Å². The Bertz CT molecular complexity index is 781. The summed E-state index contributed by atoms with van der Waals surface area (Å²) in [6.07, 6.45) is 4.84. The van der Waals surface area contributed by atoms with Crippen molar-refractivity contribution in [2.75, 3.05) is 27.2 Å². The number of fused-ring (bicyclic) bond motifs is 2. The van der Waals surface area contributed by atoms with Gasteiger partial charge >= 0.3 is 0 Å². The van der Waals surface area contributed by atoms with Crippen LogP contribution in [0.2, 0.25) is 0 Å². The molecule has 2 aromatic carbocycles. The summed E-state index contributed by atoms with van der Waals surface area (Å²) in [7, 11) is 4.06. The van der Waals surface area contributed by atoms with Crippen molar-refractivity contribution in [2.24, 2.45) is 0 Å². The number of halogens is 2. The fourth-order valence-corrected chi connectivity index (χ4v) is 4.59. The summed E-state index contributed by atoms with van der Waals surface area (Å²) in [5.41, 5.74) is 7.36. The van der Waals surface area contributed by atoms with Crippen LogP contribution in [0, 0.1) is 0 Å². The molecule has 0 radical (unpaired) electrons. The Balaban J connectivity index is 0.00000140. The minimum Gasteiger partial charge on any atom is -0.496 e. The van der Waals surface area contributed by atoms with Crippen LogP contribution in [-0.4, -0.2) is 32.1 Å². The minimum atomic E-state index is 0. The Kier molecular flexibility index (Phi) is 8.63. The van der Waals surface area contributed by atoms with Gasteiger partial charge in [0, 0.05) is 26.2 Å². The standard InChI is InChI=1S/C23H30N2O.2ClH/c1-25(12-11-17-9-10-18-14-24-15-20(18)13-17)16-19-5-3-7-22-21(19)6-4-8-23(22)26-2;;/h4,6,8-10,13,19,24H,3,5,7,11-12,14-16H2,1-2H3;2*1H/t19-;;/m0../s1. The number of hydrogen-bond acceptors (Lipinski definition) is 3. The van der Waals surface area contributed by atoms with Gasteiger partial charge in [-0.3, -0.25) is 0 Å². The summed E-state index contributed by atoms with van der Waals surface area (Å²) in [5.74, 6) is 1.70. The molecule has 0 aromatic heterocycles. The molecule has 5 heteroatoms. The predicted molar refractivity (Wildman–Crippen MR) is 121 cm³/mol. The third-order valence-corrected chi connectivity index (χ3v) is 6.02. The first-order valence-electron chi connectivity index (χ1n) is 9.90. The van der Waals surface area contributed by atoms with Crippen LogP contribution in [0.1, 0.15) is 46.6 Å². The number of likely N-dealkylation sites (N-methyl/N-ethyl adjacent to an activating group) is 1. The highest BCUT2D eigenvalue weighted by molar-refractivity contribution is 5.85. The van der Waals surface area contributed by atoms with Crippen molar-refractivity contribution in [3.63, 3.8) is 0 Å². The van der Waals surface area contributed by atoms with Crippen LogP contribution in [0.5, 0.6) is 5.75 Å². The lowest BCUT2D eigenvalue weighted by Crippen LogP contribution is -2.28. The number of nitrogens with one attached hydrogen (secondary N) is 1. The van der Waals surface area contributed by atoms with Gasteiger partial charge in [-0.2, -0.15) is 0 Å². The number of benzene rings is 2. The number of nitrogens with zero attached hydrogens (tertiary/aromatic N) is 1. The molecule has 1 heterocycles. The van der Waals surface area contributed by atoms with E-state index < -0.39 is 0 Å². The maximum absolute atomic E-state index is 5.59. The van der Waals surface area contributed by atoms with Crippen molar-refractivity contribution in [1.29, 1.82) is 0 Å². The number of methoxy groups -OCH3 is 1. The molecule has 0 fully saturated rings. The van der Waals surface area contributed by atoms with Gasteiger partial charge in [-0.05, 0) is 72.5 Å². The van der Waals surface area contributed by atoms with Gasteiger partial charge < -0.3 is 15.0 Å². The number of ether oxygens (including phenoxy) is 1. The lowest BCUT2D eigenvalue weighted by Gasteiger charge is -2.30. The average molecular weight is 423 g/mol. The second kappa shape index (κ2) is 10.5. The number of rotatable bonds is 6. The highest BCUT2D eigenvalue weighted by atomic mass is 35.5. The average Bonchev–Trinajstić information content (AvgIpc) is 3.14. The highest BCUT2D eigenvalue weighted by Gasteiger charge is 2.23. The van der Waals surface area contributed by atoms with Gasteiger partial charge in [0.25, 0.3) is 0 Å². The zero-order valence-corrected chi connectivity index (χ0v) is 18.5. The maximum atomic E-state index is 5.59. The summed E-state index contributed by atoms with van der Waals surface area (Å²) < 4.78 is 5.59. The zero-order chi connectivity index (χ0) is 17.9. The third-order valence-electron chi connectivity index (χ3n) is 6.02. The number of hydrogen-bond donors (Lipinski definition) is 1. The first-order chi connectivity index (χ1) is 12.7. The molecule has 0 saturated heterocycles. The van der Waals surface area contributed by atoms with Crippen molar-refractivity contribution >= 4 is 24.8 Å². The fraction of sp³-hybridized carbons (Fsp3) is 0.478. The first-order valence-corrected chi connectivity index (χ1v) is 9.90. The Morgan fingerprint density at radius 1 is 1.11 bits per heavy atom. The van der Waals surface area contributed by atoms with Crippen molar-refractivity contribution < 1.29 is 4.74 Å². The van der Waals surface area contributed by atoms with Gasteiger partial charge in [0.2, 0.25) is 0 Å². The molecule has 154 valence electrons. The molecular formula is C23H32Cl2N2O. The van der Waals surface area contributed by atoms with E-state index in [0.29, 0.717) is 5.92 Å². The quantitative estimate of drug-likeness (QED) is 0.727. The largest absolute Gasteiger partial charge is 0.496 e. The van der Waals surface area contributed by atoms with E-state index in [1.165, 1.54) is 40.7 Å². The fourth-order valence-electron chi connectivity index (χ4n) is 4.59. The van der Waals surface area contributed by atoms with Crippen molar-refractivity contribution in [1.82, 2.24) is 10.2 Å². The van der Waals surface area contributed by atoms with Crippen molar-refractivity contribution in [3.05, 3.63) is 64.2 Å². The van der Waals surface area contributed by atoms with Crippen LogP contribution in [-0.2, 0) is 25.9 Å². The molecule has 1 atom stereocenters. The third kappa shape index (κ3) is 5.01. The Hall–Kier alpha value is -1.26. The summed E-state index contributed by atoms with van der Waals surface area (Å²) in [6.45, 7) is 4.30. The minimum absolute atomic E-state index is 0. The van der Waals surface area contributed by atoms with Gasteiger partial charge in [0.15, 0.2) is 0 Å². The normalized spacial score (nSPS) is 17.3. The summed E-state index contributed by atoms with van der Waals surface area (Å²) in [6, 6.07) is 13.6. The SMILES string of the molecule is COc1cccc2c1CCC[C@H]2CN(C)CCc1ccc2c(c1)CNC2.Cl.Cl. The molecule has 1 N–H and O–H groups in total. The molecule has 3 nitrogen and oxygen atoms in total. The smallest absolute Gasteiger partial charge is 0.122 e. The summed E-state index contributed by atoms with van der Waals surface area (Å²) in [4.78, 5) is 2.50. The molecule has 0 spiro atoms. The van der Waals surface area contributed by atoms with E-state index in [4.69, 9.17) is 4.74 Å². The van der Waals surface area contributed by atoms with E-state index in [1.807, 2.05) is 0 Å². The molecule has 2 aromatic rings. The molecule has 1 aliphatic carbocycles. The van der Waals surface area contributed by atoms with Gasteiger partial charge in [0.1, 0.15) is 5.75 Å². The lowest BCUT2D eigenvalue weighted by atomic mass is 9.82. The van der Waals surface area contributed by atoms with Crippen LogP contribution in [0.4, 0.5) is 0 Å². The van der Waals surface area contributed by atoms with Crippen LogP contribution in [0.3, 0.4) is 0 Å². The molecule has 0 unspecified atom stereocenters. The molecular weight excluding hydrogens is 391 g/mol. The van der Waals surface area contributed by atoms with Gasteiger partial charge in [-0.25, -0.2) is 0 Å². The Morgan fingerprint density at radius 2 is 1.93 bits per heavy atom. The molecule has 0 bridgehead atoms. The van der Waals surface area contributed by atoms with Crippen LogP contribution in [0.15, 0.2) is 36.4 Å². The van der Waals surface area contributed by atoms with Crippen LogP contribution in [0.25, 0.3) is 0 Å². The second-order valence-corrected chi connectivity index (χ2v) is 7.84. The van der Waals surface area contributed by atoms with Crippen LogP contribution >= 0.6 is 24.8 Å². The summed E-state index contributed by atoms with van der Waals surface area (Å²) in [5, 5.41) is 3.43. The van der Waals surface area contributed by atoms with Gasteiger partial charge in [-0.15, -0.1) is 24.8 Å². The molecule has 28 heavy (non-hydrogen) atoms.